The van der Waals surface area contributed by atoms with Crippen LogP contribution in [0.3, 0.4) is 0 Å². The molecule has 0 N–H and O–H groups in total. The minimum Gasteiger partial charge on any atom is -0.464 e. The van der Waals surface area contributed by atoms with Crippen molar-refractivity contribution in [2.24, 2.45) is 0 Å². The SMILES string of the molecule is COC(=O)c1cc(C)c(F)c(C)n1. The second-order valence-electron chi connectivity index (χ2n) is 2.72. The van der Waals surface area contributed by atoms with E-state index in [1.54, 1.807) is 6.92 Å². The highest BCUT2D eigenvalue weighted by Gasteiger charge is 2.11. The summed E-state index contributed by atoms with van der Waals surface area (Å²) in [5.74, 6) is -0.932. The molecule has 0 aliphatic heterocycles. The number of esters is 1. The number of aryl methyl sites for hydroxylation is 2. The van der Waals surface area contributed by atoms with E-state index in [0.29, 0.717) is 5.56 Å². The van der Waals surface area contributed by atoms with E-state index in [9.17, 15) is 9.18 Å². The molecule has 70 valence electrons. The number of rotatable bonds is 1. The molecule has 1 aromatic heterocycles. The smallest absolute Gasteiger partial charge is 0.356 e. The van der Waals surface area contributed by atoms with Crippen LogP contribution in [0.4, 0.5) is 4.39 Å². The summed E-state index contributed by atoms with van der Waals surface area (Å²) in [5.41, 5.74) is 0.743. The highest BCUT2D eigenvalue weighted by molar-refractivity contribution is 5.87. The molecule has 0 radical (unpaired) electrons. The van der Waals surface area contributed by atoms with Crippen molar-refractivity contribution in [1.29, 1.82) is 0 Å². The van der Waals surface area contributed by atoms with Crippen molar-refractivity contribution in [3.8, 4) is 0 Å². The summed E-state index contributed by atoms with van der Waals surface area (Å²) in [5, 5.41) is 0. The van der Waals surface area contributed by atoms with E-state index in [-0.39, 0.29) is 17.2 Å². The third-order valence-electron chi connectivity index (χ3n) is 1.70. The van der Waals surface area contributed by atoms with Crippen LogP contribution in [0.1, 0.15) is 21.7 Å². The van der Waals surface area contributed by atoms with Crippen LogP contribution in [-0.4, -0.2) is 18.1 Å². The molecule has 0 aliphatic rings. The first-order valence-electron chi connectivity index (χ1n) is 3.78. The molecule has 4 heteroatoms. The van der Waals surface area contributed by atoms with E-state index in [0.717, 1.165) is 0 Å². The van der Waals surface area contributed by atoms with E-state index < -0.39 is 5.97 Å². The zero-order valence-electron chi connectivity index (χ0n) is 7.72. The first-order valence-corrected chi connectivity index (χ1v) is 3.78. The normalized spacial score (nSPS) is 9.85. The largest absolute Gasteiger partial charge is 0.464 e. The van der Waals surface area contributed by atoms with Gasteiger partial charge in [0.2, 0.25) is 0 Å². The minimum atomic E-state index is -0.550. The number of carbonyl (C=O) groups excluding carboxylic acids is 1. The lowest BCUT2D eigenvalue weighted by molar-refractivity contribution is 0.0593. The zero-order chi connectivity index (χ0) is 10.0. The Labute approximate surface area is 75.6 Å². The predicted octanol–water partition coefficient (Wildman–Crippen LogP) is 1.62. The van der Waals surface area contributed by atoms with Crippen molar-refractivity contribution in [3.05, 3.63) is 28.8 Å². The summed E-state index contributed by atoms with van der Waals surface area (Å²) < 4.78 is 17.5. The van der Waals surface area contributed by atoms with Crippen LogP contribution in [0, 0.1) is 19.7 Å². The van der Waals surface area contributed by atoms with Crippen LogP contribution in [0.25, 0.3) is 0 Å². The van der Waals surface area contributed by atoms with Crippen LogP contribution < -0.4 is 0 Å². The third kappa shape index (κ3) is 1.83. The molecule has 0 saturated carbocycles. The van der Waals surface area contributed by atoms with Gasteiger partial charge in [0.1, 0.15) is 11.5 Å². The molecular formula is C9H10FNO2. The maximum Gasteiger partial charge on any atom is 0.356 e. The molecule has 3 nitrogen and oxygen atoms in total. The molecule has 0 saturated heterocycles. The van der Waals surface area contributed by atoms with E-state index in [4.69, 9.17) is 0 Å². The van der Waals surface area contributed by atoms with E-state index in [2.05, 4.69) is 9.72 Å². The lowest BCUT2D eigenvalue weighted by Crippen LogP contribution is -2.07. The average Bonchev–Trinajstić information content (AvgIpc) is 2.12. The lowest BCUT2D eigenvalue weighted by Gasteiger charge is -2.03. The standard InChI is InChI=1S/C9H10FNO2/c1-5-4-7(9(12)13-3)11-6(2)8(5)10/h4H,1-3H3. The molecular weight excluding hydrogens is 173 g/mol. The Morgan fingerprint density at radius 3 is 2.62 bits per heavy atom. The summed E-state index contributed by atoms with van der Waals surface area (Å²) in [4.78, 5) is 14.8. The fourth-order valence-electron chi connectivity index (χ4n) is 1.02. The molecule has 0 unspecified atom stereocenters. The van der Waals surface area contributed by atoms with Crippen LogP contribution in [0.15, 0.2) is 6.07 Å². The van der Waals surface area contributed by atoms with Gasteiger partial charge in [0.25, 0.3) is 0 Å². The third-order valence-corrected chi connectivity index (χ3v) is 1.70. The van der Waals surface area contributed by atoms with Gasteiger partial charge in [-0.15, -0.1) is 0 Å². The molecule has 0 spiro atoms. The Bertz CT molecular complexity index is 326. The minimum absolute atomic E-state index is 0.138. The second-order valence-corrected chi connectivity index (χ2v) is 2.72. The van der Waals surface area contributed by atoms with E-state index in [1.165, 1.54) is 20.1 Å². The molecule has 0 amide bonds. The van der Waals surface area contributed by atoms with Crippen molar-refractivity contribution in [1.82, 2.24) is 4.98 Å². The van der Waals surface area contributed by atoms with Gasteiger partial charge in [-0.25, -0.2) is 14.2 Å². The fraction of sp³-hybridized carbons (Fsp3) is 0.333. The summed E-state index contributed by atoms with van der Waals surface area (Å²) in [6, 6.07) is 1.37. The highest BCUT2D eigenvalue weighted by atomic mass is 19.1. The summed E-state index contributed by atoms with van der Waals surface area (Å²) in [6.07, 6.45) is 0. The predicted molar refractivity (Wildman–Crippen MR) is 45.0 cm³/mol. The van der Waals surface area contributed by atoms with Crippen molar-refractivity contribution >= 4 is 5.97 Å². The van der Waals surface area contributed by atoms with Gasteiger partial charge in [0, 0.05) is 0 Å². The Kier molecular flexibility index (Phi) is 2.60. The second kappa shape index (κ2) is 3.51. The Balaban J connectivity index is 3.20. The number of nitrogens with zero attached hydrogens (tertiary/aromatic N) is 1. The number of halogens is 1. The molecule has 0 bridgehead atoms. The summed E-state index contributed by atoms with van der Waals surface area (Å²) in [6.45, 7) is 3.09. The summed E-state index contributed by atoms with van der Waals surface area (Å²) >= 11 is 0. The van der Waals surface area contributed by atoms with Gasteiger partial charge in [-0.05, 0) is 25.5 Å². The van der Waals surface area contributed by atoms with Gasteiger partial charge in [-0.1, -0.05) is 0 Å². The Hall–Kier alpha value is -1.45. The molecule has 1 rings (SSSR count). The molecule has 1 aromatic rings. The van der Waals surface area contributed by atoms with Gasteiger partial charge in [-0.2, -0.15) is 0 Å². The number of hydrogen-bond acceptors (Lipinski definition) is 3. The molecule has 0 fully saturated rings. The van der Waals surface area contributed by atoms with Crippen molar-refractivity contribution in [3.63, 3.8) is 0 Å². The van der Waals surface area contributed by atoms with Crippen LogP contribution in [-0.2, 0) is 4.74 Å². The molecule has 1 heterocycles. The topological polar surface area (TPSA) is 39.2 Å². The number of hydrogen-bond donors (Lipinski definition) is 0. The quantitative estimate of drug-likeness (QED) is 0.621. The summed E-state index contributed by atoms with van der Waals surface area (Å²) in [7, 11) is 1.26. The lowest BCUT2D eigenvalue weighted by atomic mass is 10.2. The highest BCUT2D eigenvalue weighted by Crippen LogP contribution is 2.11. The fourth-order valence-corrected chi connectivity index (χ4v) is 1.02. The average molecular weight is 183 g/mol. The van der Waals surface area contributed by atoms with Crippen LogP contribution in [0.5, 0.6) is 0 Å². The number of methoxy groups -OCH3 is 1. The number of pyridine rings is 1. The van der Waals surface area contributed by atoms with Crippen molar-refractivity contribution in [2.75, 3.05) is 7.11 Å². The molecule has 13 heavy (non-hydrogen) atoms. The van der Waals surface area contributed by atoms with Gasteiger partial charge < -0.3 is 4.74 Å². The van der Waals surface area contributed by atoms with E-state index in [1.807, 2.05) is 0 Å². The zero-order valence-corrected chi connectivity index (χ0v) is 7.72. The molecule has 0 aliphatic carbocycles. The monoisotopic (exact) mass is 183 g/mol. The number of aromatic nitrogens is 1. The van der Waals surface area contributed by atoms with Crippen LogP contribution >= 0.6 is 0 Å². The Morgan fingerprint density at radius 1 is 1.54 bits per heavy atom. The number of ether oxygens (including phenoxy) is 1. The number of carbonyl (C=O) groups is 1. The maximum absolute atomic E-state index is 13.1. The molecule has 0 aromatic carbocycles. The maximum atomic E-state index is 13.1. The van der Waals surface area contributed by atoms with Gasteiger partial charge >= 0.3 is 5.97 Å². The Morgan fingerprint density at radius 2 is 2.15 bits per heavy atom. The first kappa shape index (κ1) is 9.64. The van der Waals surface area contributed by atoms with Crippen LogP contribution in [0.2, 0.25) is 0 Å². The first-order chi connectivity index (χ1) is 6.06. The molecule has 0 atom stereocenters. The van der Waals surface area contributed by atoms with Gasteiger partial charge in [-0.3, -0.25) is 0 Å². The van der Waals surface area contributed by atoms with E-state index >= 15 is 0 Å². The van der Waals surface area contributed by atoms with Crippen molar-refractivity contribution < 1.29 is 13.9 Å². The van der Waals surface area contributed by atoms with Gasteiger partial charge in [0.05, 0.1) is 12.8 Å². The van der Waals surface area contributed by atoms with Crippen molar-refractivity contribution in [2.45, 2.75) is 13.8 Å². The van der Waals surface area contributed by atoms with Gasteiger partial charge in [0.15, 0.2) is 0 Å².